The molecule has 2 N–H and O–H groups in total. The molecule has 6 heteroatoms. The van der Waals surface area contributed by atoms with Gasteiger partial charge in [-0.15, -0.1) is 0 Å². The quantitative estimate of drug-likeness (QED) is 0.772. The topological polar surface area (TPSA) is 71.1 Å². The van der Waals surface area contributed by atoms with Crippen LogP contribution in [0.1, 0.15) is 33.1 Å². The first-order valence-electron chi connectivity index (χ1n) is 7.22. The number of sulfonamides is 1. The van der Waals surface area contributed by atoms with Gasteiger partial charge in [0.05, 0.1) is 4.90 Å². The van der Waals surface area contributed by atoms with Gasteiger partial charge in [-0.1, -0.05) is 13.8 Å². The average Bonchev–Trinajstić information content (AvgIpc) is 3.27. The van der Waals surface area contributed by atoms with Gasteiger partial charge in [0.15, 0.2) is 0 Å². The molecule has 1 aliphatic rings. The van der Waals surface area contributed by atoms with Gasteiger partial charge in [-0.3, -0.25) is 0 Å². The van der Waals surface area contributed by atoms with E-state index in [4.69, 9.17) is 0 Å². The molecule has 1 aromatic rings. The number of nitrogens with zero attached hydrogens (tertiary/aromatic N) is 1. The lowest BCUT2D eigenvalue weighted by atomic mass is 10.1. The number of pyridine rings is 1. The monoisotopic (exact) mass is 297 g/mol. The van der Waals surface area contributed by atoms with Crippen molar-refractivity contribution in [1.29, 1.82) is 0 Å². The number of anilines is 1. The van der Waals surface area contributed by atoms with Crippen molar-refractivity contribution in [2.24, 2.45) is 11.8 Å². The molecule has 1 heterocycles. The SMILES string of the molecule is CCCNc1cc(S(=O)(=O)NCC(C)C2CC2)ccn1. The van der Waals surface area contributed by atoms with Crippen LogP contribution in [0.4, 0.5) is 5.82 Å². The highest BCUT2D eigenvalue weighted by Crippen LogP contribution is 2.36. The van der Waals surface area contributed by atoms with E-state index in [9.17, 15) is 8.42 Å². The minimum Gasteiger partial charge on any atom is -0.370 e. The lowest BCUT2D eigenvalue weighted by Gasteiger charge is -2.12. The molecule has 0 bridgehead atoms. The smallest absolute Gasteiger partial charge is 0.240 e. The van der Waals surface area contributed by atoms with Crippen molar-refractivity contribution in [2.75, 3.05) is 18.4 Å². The maximum Gasteiger partial charge on any atom is 0.240 e. The summed E-state index contributed by atoms with van der Waals surface area (Å²) < 4.78 is 27.2. The second-order valence-electron chi connectivity index (χ2n) is 5.47. The van der Waals surface area contributed by atoms with E-state index in [0.717, 1.165) is 13.0 Å². The van der Waals surface area contributed by atoms with Gasteiger partial charge in [0.1, 0.15) is 5.82 Å². The van der Waals surface area contributed by atoms with Gasteiger partial charge >= 0.3 is 0 Å². The Kier molecular flexibility index (Phi) is 4.99. The Morgan fingerprint density at radius 1 is 1.45 bits per heavy atom. The molecular weight excluding hydrogens is 274 g/mol. The number of hydrogen-bond donors (Lipinski definition) is 2. The van der Waals surface area contributed by atoms with E-state index in [0.29, 0.717) is 24.2 Å². The van der Waals surface area contributed by atoms with E-state index >= 15 is 0 Å². The second-order valence-corrected chi connectivity index (χ2v) is 7.24. The molecule has 5 nitrogen and oxygen atoms in total. The Bertz CT molecular complexity index is 541. The molecule has 0 saturated heterocycles. The van der Waals surface area contributed by atoms with E-state index in [1.807, 2.05) is 0 Å². The van der Waals surface area contributed by atoms with Gasteiger partial charge in [0.2, 0.25) is 10.0 Å². The van der Waals surface area contributed by atoms with Crippen molar-refractivity contribution >= 4 is 15.8 Å². The summed E-state index contributed by atoms with van der Waals surface area (Å²) in [6, 6.07) is 3.11. The molecule has 0 radical (unpaired) electrons. The zero-order chi connectivity index (χ0) is 14.6. The molecular formula is C14H23N3O2S. The molecule has 1 fully saturated rings. The minimum atomic E-state index is -3.44. The van der Waals surface area contributed by atoms with Gasteiger partial charge in [0.25, 0.3) is 0 Å². The summed E-state index contributed by atoms with van der Waals surface area (Å²) >= 11 is 0. The van der Waals surface area contributed by atoms with E-state index in [1.165, 1.54) is 25.1 Å². The van der Waals surface area contributed by atoms with Crippen molar-refractivity contribution < 1.29 is 8.42 Å². The molecule has 1 saturated carbocycles. The van der Waals surface area contributed by atoms with Crippen LogP contribution in [-0.2, 0) is 10.0 Å². The number of aromatic nitrogens is 1. The molecule has 0 aliphatic heterocycles. The molecule has 112 valence electrons. The third-order valence-electron chi connectivity index (χ3n) is 3.62. The highest BCUT2D eigenvalue weighted by atomic mass is 32.2. The van der Waals surface area contributed by atoms with Crippen LogP contribution in [0, 0.1) is 11.8 Å². The van der Waals surface area contributed by atoms with Crippen LogP contribution in [0.3, 0.4) is 0 Å². The van der Waals surface area contributed by atoms with E-state index < -0.39 is 10.0 Å². The molecule has 0 aromatic carbocycles. The fraction of sp³-hybridized carbons (Fsp3) is 0.643. The Morgan fingerprint density at radius 2 is 2.20 bits per heavy atom. The molecule has 1 aliphatic carbocycles. The summed E-state index contributed by atoms with van der Waals surface area (Å²) in [7, 11) is -3.44. The Hall–Kier alpha value is -1.14. The Balaban J connectivity index is 2.00. The van der Waals surface area contributed by atoms with E-state index in [2.05, 4.69) is 28.9 Å². The fourth-order valence-electron chi connectivity index (χ4n) is 2.08. The highest BCUT2D eigenvalue weighted by molar-refractivity contribution is 7.89. The van der Waals surface area contributed by atoms with Crippen molar-refractivity contribution in [2.45, 2.75) is 38.0 Å². The summed E-state index contributed by atoms with van der Waals surface area (Å²) in [4.78, 5) is 4.39. The summed E-state index contributed by atoms with van der Waals surface area (Å²) in [5, 5.41) is 3.10. The normalized spacial score (nSPS) is 16.9. The predicted molar refractivity (Wildman–Crippen MR) is 80.1 cm³/mol. The van der Waals surface area contributed by atoms with Crippen molar-refractivity contribution in [1.82, 2.24) is 9.71 Å². The van der Waals surface area contributed by atoms with Crippen LogP contribution in [0.15, 0.2) is 23.2 Å². The first-order valence-corrected chi connectivity index (χ1v) is 8.71. The van der Waals surface area contributed by atoms with Gasteiger partial charge in [-0.05, 0) is 37.2 Å². The number of rotatable bonds is 8. The number of nitrogens with one attached hydrogen (secondary N) is 2. The molecule has 1 aromatic heterocycles. The second kappa shape index (κ2) is 6.54. The molecule has 1 atom stereocenters. The number of hydrogen-bond acceptors (Lipinski definition) is 4. The summed E-state index contributed by atoms with van der Waals surface area (Å²) in [6.45, 7) is 5.44. The highest BCUT2D eigenvalue weighted by Gasteiger charge is 2.28. The maximum absolute atomic E-state index is 12.2. The summed E-state index contributed by atoms with van der Waals surface area (Å²) in [5.41, 5.74) is 0. The molecule has 20 heavy (non-hydrogen) atoms. The molecule has 1 unspecified atom stereocenters. The third-order valence-corrected chi connectivity index (χ3v) is 5.04. The van der Waals surface area contributed by atoms with Crippen LogP contribution in [0.2, 0.25) is 0 Å². The van der Waals surface area contributed by atoms with Crippen molar-refractivity contribution in [3.05, 3.63) is 18.3 Å². The first kappa shape index (κ1) is 15.3. The zero-order valence-electron chi connectivity index (χ0n) is 12.1. The standard InChI is InChI=1S/C14H23N3O2S/c1-3-7-15-14-9-13(6-8-16-14)20(18,19)17-10-11(2)12-4-5-12/h6,8-9,11-12,17H,3-5,7,10H2,1-2H3,(H,15,16). The van der Waals surface area contributed by atoms with Crippen LogP contribution in [0.5, 0.6) is 0 Å². The van der Waals surface area contributed by atoms with Crippen LogP contribution >= 0.6 is 0 Å². The van der Waals surface area contributed by atoms with E-state index in [1.54, 1.807) is 6.07 Å². The lowest BCUT2D eigenvalue weighted by molar-refractivity contribution is 0.492. The fourth-order valence-corrected chi connectivity index (χ4v) is 3.24. The van der Waals surface area contributed by atoms with Crippen LogP contribution < -0.4 is 10.0 Å². The lowest BCUT2D eigenvalue weighted by Crippen LogP contribution is -2.29. The Labute approximate surface area is 121 Å². The predicted octanol–water partition coefficient (Wildman–Crippen LogP) is 2.23. The van der Waals surface area contributed by atoms with E-state index in [-0.39, 0.29) is 4.90 Å². The molecule has 0 spiro atoms. The van der Waals surface area contributed by atoms with Crippen molar-refractivity contribution in [3.63, 3.8) is 0 Å². The van der Waals surface area contributed by atoms with Crippen LogP contribution in [-0.4, -0.2) is 26.5 Å². The Morgan fingerprint density at radius 3 is 2.85 bits per heavy atom. The van der Waals surface area contributed by atoms with Gasteiger partial charge < -0.3 is 5.32 Å². The van der Waals surface area contributed by atoms with Gasteiger partial charge in [-0.25, -0.2) is 18.1 Å². The van der Waals surface area contributed by atoms with Crippen LogP contribution in [0.25, 0.3) is 0 Å². The molecule has 2 rings (SSSR count). The molecule has 0 amide bonds. The largest absolute Gasteiger partial charge is 0.370 e. The maximum atomic E-state index is 12.2. The van der Waals surface area contributed by atoms with Crippen molar-refractivity contribution in [3.8, 4) is 0 Å². The van der Waals surface area contributed by atoms with Gasteiger partial charge in [-0.2, -0.15) is 0 Å². The zero-order valence-corrected chi connectivity index (χ0v) is 12.9. The third kappa shape index (κ3) is 4.18. The van der Waals surface area contributed by atoms with Gasteiger partial charge in [0, 0.05) is 25.4 Å². The minimum absolute atomic E-state index is 0.272. The first-order chi connectivity index (χ1) is 9.53. The average molecular weight is 297 g/mol. The summed E-state index contributed by atoms with van der Waals surface area (Å²) in [6.07, 6.45) is 4.94. The summed E-state index contributed by atoms with van der Waals surface area (Å²) in [5.74, 6) is 1.70.